The summed E-state index contributed by atoms with van der Waals surface area (Å²) in [5.74, 6) is 0. The molecule has 15 heavy (non-hydrogen) atoms. The zero-order valence-electron chi connectivity index (χ0n) is 11.6. The molecule has 0 aliphatic heterocycles. The van der Waals surface area contributed by atoms with Crippen LogP contribution in [-0.2, 0) is 0 Å². The predicted molar refractivity (Wildman–Crippen MR) is 74.4 cm³/mol. The van der Waals surface area contributed by atoms with Gasteiger partial charge in [-0.25, -0.2) is 0 Å². The van der Waals surface area contributed by atoms with Gasteiger partial charge >= 0.3 is 0 Å². The third-order valence-electron chi connectivity index (χ3n) is 2.73. The minimum Gasteiger partial charge on any atom is -0.303 e. The Morgan fingerprint density at radius 3 is 1.73 bits per heavy atom. The topological polar surface area (TPSA) is 3.24 Å². The van der Waals surface area contributed by atoms with E-state index in [4.69, 9.17) is 0 Å². The van der Waals surface area contributed by atoms with E-state index >= 15 is 0 Å². The van der Waals surface area contributed by atoms with Gasteiger partial charge in [0.2, 0.25) is 0 Å². The van der Waals surface area contributed by atoms with Crippen molar-refractivity contribution in [3.63, 3.8) is 0 Å². The van der Waals surface area contributed by atoms with Gasteiger partial charge in [-0.15, -0.1) is 0 Å². The van der Waals surface area contributed by atoms with Gasteiger partial charge < -0.3 is 4.90 Å². The standard InChI is InChI=1S/C13H31NSi/c1-6-10-14(11-7-2)12-8-9-13-15(3,4)5/h6-13H2,1-5H3. The molecule has 0 fully saturated rings. The van der Waals surface area contributed by atoms with Crippen molar-refractivity contribution in [3.8, 4) is 0 Å². The van der Waals surface area contributed by atoms with Crippen LogP contribution in [0.1, 0.15) is 39.5 Å². The minimum atomic E-state index is -0.785. The Morgan fingerprint density at radius 1 is 0.800 bits per heavy atom. The van der Waals surface area contributed by atoms with E-state index in [2.05, 4.69) is 38.4 Å². The lowest BCUT2D eigenvalue weighted by Gasteiger charge is -2.22. The second-order valence-electron chi connectivity index (χ2n) is 5.86. The summed E-state index contributed by atoms with van der Waals surface area (Å²) >= 11 is 0. The second-order valence-corrected chi connectivity index (χ2v) is 11.5. The maximum absolute atomic E-state index is 2.63. The van der Waals surface area contributed by atoms with Gasteiger partial charge in [0.15, 0.2) is 0 Å². The van der Waals surface area contributed by atoms with E-state index in [-0.39, 0.29) is 0 Å². The van der Waals surface area contributed by atoms with Crippen LogP contribution in [0.25, 0.3) is 0 Å². The molecule has 0 bridgehead atoms. The summed E-state index contributed by atoms with van der Waals surface area (Å²) in [6, 6.07) is 1.50. The van der Waals surface area contributed by atoms with Crippen molar-refractivity contribution < 1.29 is 0 Å². The highest BCUT2D eigenvalue weighted by molar-refractivity contribution is 6.76. The molecule has 0 saturated carbocycles. The Balaban J connectivity index is 3.52. The van der Waals surface area contributed by atoms with Crippen molar-refractivity contribution in [1.29, 1.82) is 0 Å². The highest BCUT2D eigenvalue weighted by Gasteiger charge is 2.12. The van der Waals surface area contributed by atoms with Crippen LogP contribution in [0.5, 0.6) is 0 Å². The first-order valence-corrected chi connectivity index (χ1v) is 10.4. The van der Waals surface area contributed by atoms with E-state index in [9.17, 15) is 0 Å². The van der Waals surface area contributed by atoms with E-state index in [0.29, 0.717) is 0 Å². The summed E-state index contributed by atoms with van der Waals surface area (Å²) in [5.41, 5.74) is 0. The largest absolute Gasteiger partial charge is 0.303 e. The van der Waals surface area contributed by atoms with Gasteiger partial charge in [0.1, 0.15) is 0 Å². The Bertz CT molecular complexity index is 134. The lowest BCUT2D eigenvalue weighted by Crippen LogP contribution is -2.27. The van der Waals surface area contributed by atoms with Gasteiger partial charge in [0.05, 0.1) is 0 Å². The molecule has 0 amide bonds. The maximum Gasteiger partial charge on any atom is 0.0442 e. The smallest absolute Gasteiger partial charge is 0.0442 e. The van der Waals surface area contributed by atoms with Crippen LogP contribution >= 0.6 is 0 Å². The number of hydrogen-bond acceptors (Lipinski definition) is 1. The van der Waals surface area contributed by atoms with Crippen molar-refractivity contribution in [2.75, 3.05) is 19.6 Å². The average molecular weight is 229 g/mol. The third kappa shape index (κ3) is 10.5. The Labute approximate surface area is 98.3 Å². The monoisotopic (exact) mass is 229 g/mol. The van der Waals surface area contributed by atoms with Crippen molar-refractivity contribution in [1.82, 2.24) is 4.90 Å². The number of nitrogens with zero attached hydrogens (tertiary/aromatic N) is 1. The van der Waals surface area contributed by atoms with Crippen molar-refractivity contribution in [2.24, 2.45) is 0 Å². The van der Waals surface area contributed by atoms with E-state index < -0.39 is 8.07 Å². The molecule has 2 heteroatoms. The first-order valence-electron chi connectivity index (χ1n) is 6.72. The van der Waals surface area contributed by atoms with Crippen LogP contribution in [0.2, 0.25) is 25.7 Å². The van der Waals surface area contributed by atoms with Crippen molar-refractivity contribution in [2.45, 2.75) is 65.2 Å². The van der Waals surface area contributed by atoms with Gasteiger partial charge in [-0.05, 0) is 38.9 Å². The molecule has 0 spiro atoms. The molecule has 0 rings (SSSR count). The van der Waals surface area contributed by atoms with Crippen LogP contribution in [0.4, 0.5) is 0 Å². The molecule has 0 atom stereocenters. The molecule has 0 aliphatic rings. The third-order valence-corrected chi connectivity index (χ3v) is 4.58. The number of hydrogen-bond donors (Lipinski definition) is 0. The fraction of sp³-hybridized carbons (Fsp3) is 1.00. The Kier molecular flexibility index (Phi) is 8.44. The molecule has 0 radical (unpaired) electrons. The van der Waals surface area contributed by atoms with Gasteiger partial charge in [-0.3, -0.25) is 0 Å². The minimum absolute atomic E-state index is 0.785. The van der Waals surface area contributed by atoms with Crippen LogP contribution in [0.3, 0.4) is 0 Å². The van der Waals surface area contributed by atoms with Gasteiger partial charge in [0, 0.05) is 8.07 Å². The summed E-state index contributed by atoms with van der Waals surface area (Å²) in [6.45, 7) is 15.9. The van der Waals surface area contributed by atoms with Crippen LogP contribution in [0, 0.1) is 0 Å². The molecule has 1 nitrogen and oxygen atoms in total. The lowest BCUT2D eigenvalue weighted by atomic mass is 10.3. The number of unbranched alkanes of at least 4 members (excludes halogenated alkanes) is 1. The van der Waals surface area contributed by atoms with Gasteiger partial charge in [-0.1, -0.05) is 46.0 Å². The normalized spacial score (nSPS) is 12.4. The number of rotatable bonds is 9. The SMILES string of the molecule is CCCN(CCC)CCCC[Si](C)(C)C. The molecular formula is C13H31NSi. The summed E-state index contributed by atoms with van der Waals surface area (Å²) in [5, 5.41) is 0. The van der Waals surface area contributed by atoms with Gasteiger partial charge in [-0.2, -0.15) is 0 Å². The zero-order valence-corrected chi connectivity index (χ0v) is 12.6. The Hall–Kier alpha value is 0.177. The zero-order chi connectivity index (χ0) is 11.7. The molecule has 92 valence electrons. The van der Waals surface area contributed by atoms with Crippen LogP contribution < -0.4 is 0 Å². The quantitative estimate of drug-likeness (QED) is 0.422. The molecule has 0 N–H and O–H groups in total. The van der Waals surface area contributed by atoms with E-state index in [1.165, 1.54) is 51.4 Å². The summed E-state index contributed by atoms with van der Waals surface area (Å²) in [4.78, 5) is 2.63. The van der Waals surface area contributed by atoms with E-state index in [1.807, 2.05) is 0 Å². The van der Waals surface area contributed by atoms with E-state index in [0.717, 1.165) is 0 Å². The molecule has 0 aromatic carbocycles. The summed E-state index contributed by atoms with van der Waals surface area (Å²) < 4.78 is 0. The first kappa shape index (κ1) is 15.2. The van der Waals surface area contributed by atoms with Crippen molar-refractivity contribution in [3.05, 3.63) is 0 Å². The molecule has 0 aliphatic carbocycles. The highest BCUT2D eigenvalue weighted by Crippen LogP contribution is 2.13. The van der Waals surface area contributed by atoms with Gasteiger partial charge in [0.25, 0.3) is 0 Å². The molecule has 0 unspecified atom stereocenters. The fourth-order valence-corrected chi connectivity index (χ4v) is 3.27. The predicted octanol–water partition coefficient (Wildman–Crippen LogP) is 4.23. The van der Waals surface area contributed by atoms with E-state index in [1.54, 1.807) is 0 Å². The Morgan fingerprint density at radius 2 is 1.33 bits per heavy atom. The maximum atomic E-state index is 2.63. The highest BCUT2D eigenvalue weighted by atomic mass is 28.3. The molecular weight excluding hydrogens is 198 g/mol. The molecule has 0 heterocycles. The first-order chi connectivity index (χ1) is 6.99. The molecule has 0 aromatic rings. The second kappa shape index (κ2) is 8.34. The summed E-state index contributed by atoms with van der Waals surface area (Å²) in [7, 11) is -0.785. The fourth-order valence-electron chi connectivity index (χ4n) is 1.96. The van der Waals surface area contributed by atoms with Crippen molar-refractivity contribution >= 4 is 8.07 Å². The molecule has 0 aromatic heterocycles. The lowest BCUT2D eigenvalue weighted by molar-refractivity contribution is 0.270. The summed E-state index contributed by atoms with van der Waals surface area (Å²) in [6.07, 6.45) is 5.45. The van der Waals surface area contributed by atoms with Crippen LogP contribution in [-0.4, -0.2) is 32.6 Å². The molecule has 0 saturated heterocycles. The average Bonchev–Trinajstić information content (AvgIpc) is 2.11. The van der Waals surface area contributed by atoms with Crippen LogP contribution in [0.15, 0.2) is 0 Å².